The van der Waals surface area contributed by atoms with E-state index >= 15 is 0 Å². The van der Waals surface area contributed by atoms with Crippen molar-refractivity contribution >= 4 is 10.8 Å². The largest absolute Gasteiger partial charge is 0.485 e. The Bertz CT molecular complexity index is 764. The van der Waals surface area contributed by atoms with Crippen LogP contribution in [0.3, 0.4) is 0 Å². The van der Waals surface area contributed by atoms with Gasteiger partial charge in [0, 0.05) is 24.0 Å². The lowest BCUT2D eigenvalue weighted by Crippen LogP contribution is -2.10. The van der Waals surface area contributed by atoms with Gasteiger partial charge < -0.3 is 15.0 Å². The highest BCUT2D eigenvalue weighted by molar-refractivity contribution is 5.89. The predicted octanol–water partition coefficient (Wildman–Crippen LogP) is 2.57. The summed E-state index contributed by atoms with van der Waals surface area (Å²) in [6.45, 7) is 2.32. The van der Waals surface area contributed by atoms with Gasteiger partial charge in [-0.15, -0.1) is 10.2 Å². The van der Waals surface area contributed by atoms with Crippen LogP contribution in [0.5, 0.6) is 5.75 Å². The highest BCUT2D eigenvalue weighted by Gasteiger charge is 2.13. The minimum Gasteiger partial charge on any atom is -0.485 e. The van der Waals surface area contributed by atoms with E-state index in [4.69, 9.17) is 10.5 Å². The third-order valence-corrected chi connectivity index (χ3v) is 3.55. The quantitative estimate of drug-likeness (QED) is 0.798. The van der Waals surface area contributed by atoms with Gasteiger partial charge in [-0.2, -0.15) is 0 Å². The summed E-state index contributed by atoms with van der Waals surface area (Å²) < 4.78 is 7.88. The molecule has 0 aliphatic carbocycles. The van der Waals surface area contributed by atoms with Crippen molar-refractivity contribution in [1.82, 2.24) is 14.8 Å². The van der Waals surface area contributed by atoms with Gasteiger partial charge in [0.1, 0.15) is 18.7 Å². The van der Waals surface area contributed by atoms with Gasteiger partial charge in [0.25, 0.3) is 0 Å². The van der Waals surface area contributed by atoms with Crippen LogP contribution in [-0.2, 0) is 13.7 Å². The van der Waals surface area contributed by atoms with E-state index in [1.165, 1.54) is 0 Å². The minimum atomic E-state index is -0.0934. The molecule has 0 saturated heterocycles. The van der Waals surface area contributed by atoms with E-state index in [0.29, 0.717) is 6.61 Å². The molecule has 1 heterocycles. The highest BCUT2D eigenvalue weighted by Crippen LogP contribution is 2.33. The average Bonchev–Trinajstić information content (AvgIpc) is 2.89. The molecule has 5 heteroatoms. The number of rotatable bonds is 4. The summed E-state index contributed by atoms with van der Waals surface area (Å²) in [5.41, 5.74) is 7.07. The van der Waals surface area contributed by atoms with Crippen molar-refractivity contribution < 1.29 is 4.74 Å². The SMILES string of the molecule is C[C@H](N)c1ccc2ccccc2c1OCc1nncn1C. The van der Waals surface area contributed by atoms with Crippen molar-refractivity contribution in [2.24, 2.45) is 12.8 Å². The summed E-state index contributed by atoms with van der Waals surface area (Å²) >= 11 is 0. The molecule has 1 aromatic heterocycles. The van der Waals surface area contributed by atoms with Crippen LogP contribution in [0.25, 0.3) is 10.8 Å². The Morgan fingerprint density at radius 1 is 1.24 bits per heavy atom. The molecule has 0 amide bonds. The molecule has 0 aliphatic heterocycles. The van der Waals surface area contributed by atoms with Crippen LogP contribution < -0.4 is 10.5 Å². The molecule has 0 aliphatic rings. The molecule has 108 valence electrons. The third-order valence-electron chi connectivity index (χ3n) is 3.55. The molecular weight excluding hydrogens is 264 g/mol. The lowest BCUT2D eigenvalue weighted by Gasteiger charge is -2.16. The smallest absolute Gasteiger partial charge is 0.170 e. The molecule has 0 bridgehead atoms. The fraction of sp³-hybridized carbons (Fsp3) is 0.250. The zero-order valence-corrected chi connectivity index (χ0v) is 12.2. The molecule has 0 unspecified atom stereocenters. The van der Waals surface area contributed by atoms with Crippen LogP contribution in [0.4, 0.5) is 0 Å². The second-order valence-corrected chi connectivity index (χ2v) is 5.14. The number of fused-ring (bicyclic) bond motifs is 1. The molecule has 1 atom stereocenters. The summed E-state index contributed by atoms with van der Waals surface area (Å²) in [5, 5.41) is 10.1. The van der Waals surface area contributed by atoms with Crippen LogP contribution in [0, 0.1) is 0 Å². The van der Waals surface area contributed by atoms with Crippen LogP contribution in [0.15, 0.2) is 42.7 Å². The van der Waals surface area contributed by atoms with Crippen molar-refractivity contribution in [3.05, 3.63) is 54.1 Å². The third kappa shape index (κ3) is 2.60. The zero-order valence-electron chi connectivity index (χ0n) is 12.2. The van der Waals surface area contributed by atoms with E-state index in [0.717, 1.165) is 27.9 Å². The first-order valence-corrected chi connectivity index (χ1v) is 6.89. The Hall–Kier alpha value is -2.40. The van der Waals surface area contributed by atoms with Gasteiger partial charge in [0.05, 0.1) is 0 Å². The van der Waals surface area contributed by atoms with Crippen molar-refractivity contribution in [2.75, 3.05) is 0 Å². The summed E-state index contributed by atoms with van der Waals surface area (Å²) in [4.78, 5) is 0. The van der Waals surface area contributed by atoms with E-state index in [2.05, 4.69) is 22.3 Å². The topological polar surface area (TPSA) is 66.0 Å². The first-order chi connectivity index (χ1) is 10.2. The van der Waals surface area contributed by atoms with E-state index < -0.39 is 0 Å². The Morgan fingerprint density at radius 2 is 2.05 bits per heavy atom. The summed E-state index contributed by atoms with van der Waals surface area (Å²) in [6.07, 6.45) is 1.66. The van der Waals surface area contributed by atoms with Crippen LogP contribution in [0.2, 0.25) is 0 Å². The summed E-state index contributed by atoms with van der Waals surface area (Å²) in [6, 6.07) is 12.1. The van der Waals surface area contributed by atoms with Gasteiger partial charge in [0.15, 0.2) is 5.82 Å². The average molecular weight is 282 g/mol. The van der Waals surface area contributed by atoms with E-state index in [1.54, 1.807) is 6.33 Å². The van der Waals surface area contributed by atoms with Gasteiger partial charge in [-0.3, -0.25) is 0 Å². The van der Waals surface area contributed by atoms with Gasteiger partial charge >= 0.3 is 0 Å². The molecule has 21 heavy (non-hydrogen) atoms. The maximum absolute atomic E-state index is 6.07. The standard InChI is InChI=1S/C16H18N4O/c1-11(17)13-8-7-12-5-3-4-6-14(12)16(13)21-9-15-19-18-10-20(15)2/h3-8,10-11H,9,17H2,1-2H3/t11-/m0/s1. The second-order valence-electron chi connectivity index (χ2n) is 5.14. The highest BCUT2D eigenvalue weighted by atomic mass is 16.5. The molecule has 5 nitrogen and oxygen atoms in total. The molecule has 0 spiro atoms. The Labute approximate surface area is 123 Å². The van der Waals surface area contributed by atoms with Crippen molar-refractivity contribution in [3.8, 4) is 5.75 Å². The number of hydrogen-bond donors (Lipinski definition) is 1. The fourth-order valence-electron chi connectivity index (χ4n) is 2.35. The second kappa shape index (κ2) is 5.54. The summed E-state index contributed by atoms with van der Waals surface area (Å²) in [7, 11) is 1.90. The minimum absolute atomic E-state index is 0.0934. The lowest BCUT2D eigenvalue weighted by molar-refractivity contribution is 0.290. The first-order valence-electron chi connectivity index (χ1n) is 6.89. The molecule has 0 radical (unpaired) electrons. The van der Waals surface area contributed by atoms with Gasteiger partial charge in [-0.05, 0) is 12.3 Å². The van der Waals surface area contributed by atoms with E-state index in [1.807, 2.05) is 42.8 Å². The number of nitrogens with zero attached hydrogens (tertiary/aromatic N) is 3. The maximum Gasteiger partial charge on any atom is 0.170 e. The van der Waals surface area contributed by atoms with Crippen molar-refractivity contribution in [1.29, 1.82) is 0 Å². The maximum atomic E-state index is 6.07. The van der Waals surface area contributed by atoms with Crippen molar-refractivity contribution in [3.63, 3.8) is 0 Å². The molecule has 3 rings (SSSR count). The normalized spacial score (nSPS) is 12.5. The fourth-order valence-corrected chi connectivity index (χ4v) is 2.35. The Kier molecular flexibility index (Phi) is 3.58. The monoisotopic (exact) mass is 282 g/mol. The molecule has 2 N–H and O–H groups in total. The van der Waals surface area contributed by atoms with Gasteiger partial charge in [-0.25, -0.2) is 0 Å². The van der Waals surface area contributed by atoms with Crippen LogP contribution in [-0.4, -0.2) is 14.8 Å². The Morgan fingerprint density at radius 3 is 2.76 bits per heavy atom. The van der Waals surface area contributed by atoms with E-state index in [-0.39, 0.29) is 6.04 Å². The lowest BCUT2D eigenvalue weighted by atomic mass is 10.0. The molecule has 3 aromatic rings. The Balaban J connectivity index is 2.02. The molecular formula is C16H18N4O. The van der Waals surface area contributed by atoms with Crippen LogP contribution in [0.1, 0.15) is 24.4 Å². The number of ether oxygens (including phenoxy) is 1. The van der Waals surface area contributed by atoms with Crippen molar-refractivity contribution in [2.45, 2.75) is 19.6 Å². The van der Waals surface area contributed by atoms with Gasteiger partial charge in [0.2, 0.25) is 0 Å². The zero-order chi connectivity index (χ0) is 14.8. The van der Waals surface area contributed by atoms with Crippen LogP contribution >= 0.6 is 0 Å². The van der Waals surface area contributed by atoms with Gasteiger partial charge in [-0.1, -0.05) is 36.4 Å². The first kappa shape index (κ1) is 13.6. The number of aromatic nitrogens is 3. The van der Waals surface area contributed by atoms with E-state index in [9.17, 15) is 0 Å². The number of aryl methyl sites for hydroxylation is 1. The molecule has 2 aromatic carbocycles. The number of benzene rings is 2. The number of hydrogen-bond acceptors (Lipinski definition) is 4. The summed E-state index contributed by atoms with van der Waals surface area (Å²) in [5.74, 6) is 1.60. The molecule has 0 saturated carbocycles. The molecule has 0 fully saturated rings. The predicted molar refractivity (Wildman–Crippen MR) is 81.9 cm³/mol. The number of nitrogens with two attached hydrogens (primary N) is 1.